The van der Waals surface area contributed by atoms with E-state index in [1.807, 2.05) is 0 Å². The van der Waals surface area contributed by atoms with E-state index in [0.29, 0.717) is 5.69 Å². The molecule has 0 radical (unpaired) electrons. The second-order valence-corrected chi connectivity index (χ2v) is 3.51. The average molecular weight is 276 g/mol. The number of hydrogen-bond donors (Lipinski definition) is 2. The van der Waals surface area contributed by atoms with Crippen LogP contribution in [0.25, 0.3) is 0 Å². The largest absolute Gasteiger partial charge is 0.471 e. The molecule has 0 aromatic heterocycles. The van der Waals surface area contributed by atoms with E-state index in [9.17, 15) is 22.8 Å². The van der Waals surface area contributed by atoms with Crippen molar-refractivity contribution in [3.05, 3.63) is 24.3 Å². The van der Waals surface area contributed by atoms with Gasteiger partial charge < -0.3 is 15.4 Å². The number of amides is 2. The van der Waals surface area contributed by atoms with Gasteiger partial charge in [0.1, 0.15) is 6.61 Å². The Morgan fingerprint density at radius 1 is 1.11 bits per heavy atom. The summed E-state index contributed by atoms with van der Waals surface area (Å²) in [7, 11) is 1.36. The molecule has 1 aromatic rings. The van der Waals surface area contributed by atoms with Crippen LogP contribution in [0.1, 0.15) is 0 Å². The monoisotopic (exact) mass is 276 g/mol. The van der Waals surface area contributed by atoms with E-state index in [1.165, 1.54) is 31.4 Å². The molecule has 5 nitrogen and oxygen atoms in total. The van der Waals surface area contributed by atoms with Crippen LogP contribution >= 0.6 is 0 Å². The Morgan fingerprint density at radius 2 is 1.58 bits per heavy atom. The molecule has 0 unspecified atom stereocenters. The van der Waals surface area contributed by atoms with E-state index in [1.54, 1.807) is 5.32 Å². The Labute approximate surface area is 106 Å². The van der Waals surface area contributed by atoms with Crippen molar-refractivity contribution in [2.45, 2.75) is 6.18 Å². The van der Waals surface area contributed by atoms with Crippen molar-refractivity contribution < 1.29 is 27.5 Å². The molecule has 0 bridgehead atoms. The number of ether oxygens (including phenoxy) is 1. The fraction of sp³-hybridized carbons (Fsp3) is 0.273. The fourth-order valence-corrected chi connectivity index (χ4v) is 1.17. The second-order valence-electron chi connectivity index (χ2n) is 3.51. The molecule has 0 saturated carbocycles. The number of rotatable bonds is 4. The molecule has 0 saturated heterocycles. The molecule has 0 heterocycles. The van der Waals surface area contributed by atoms with Gasteiger partial charge in [-0.1, -0.05) is 0 Å². The molecule has 0 aliphatic rings. The maximum atomic E-state index is 12.0. The predicted molar refractivity (Wildman–Crippen MR) is 61.6 cm³/mol. The van der Waals surface area contributed by atoms with Crippen molar-refractivity contribution in [1.82, 2.24) is 0 Å². The van der Waals surface area contributed by atoms with E-state index < -0.39 is 18.0 Å². The van der Waals surface area contributed by atoms with Crippen LogP contribution < -0.4 is 10.6 Å². The fourth-order valence-electron chi connectivity index (χ4n) is 1.17. The first-order chi connectivity index (χ1) is 8.82. The maximum absolute atomic E-state index is 12.0. The smallest absolute Gasteiger partial charge is 0.375 e. The highest BCUT2D eigenvalue weighted by Crippen LogP contribution is 2.19. The standard InChI is InChI=1S/C11H11F3N2O3/c1-19-6-9(17)15-7-2-4-8(5-3-7)16-10(18)11(12,13)14/h2-5H,6H2,1H3,(H,15,17)(H,16,18). The minimum absolute atomic E-state index is 0.0212. The highest BCUT2D eigenvalue weighted by Gasteiger charge is 2.38. The van der Waals surface area contributed by atoms with Crippen molar-refractivity contribution in [1.29, 1.82) is 0 Å². The quantitative estimate of drug-likeness (QED) is 0.880. The molecule has 19 heavy (non-hydrogen) atoms. The van der Waals surface area contributed by atoms with Crippen LogP contribution in [0.3, 0.4) is 0 Å². The van der Waals surface area contributed by atoms with Crippen LogP contribution in [0.15, 0.2) is 24.3 Å². The summed E-state index contributed by atoms with van der Waals surface area (Å²) in [6.07, 6.45) is -4.94. The predicted octanol–water partition coefficient (Wildman–Crippen LogP) is 1.77. The summed E-state index contributed by atoms with van der Waals surface area (Å²) in [6.45, 7) is -0.132. The molecule has 0 aliphatic carbocycles. The van der Waals surface area contributed by atoms with Gasteiger partial charge in [-0.15, -0.1) is 0 Å². The summed E-state index contributed by atoms with van der Waals surface area (Å²) in [5.41, 5.74) is 0.360. The van der Waals surface area contributed by atoms with Crippen molar-refractivity contribution in [3.63, 3.8) is 0 Å². The minimum Gasteiger partial charge on any atom is -0.375 e. The van der Waals surface area contributed by atoms with Crippen LogP contribution in [-0.4, -0.2) is 31.7 Å². The zero-order chi connectivity index (χ0) is 14.5. The zero-order valence-electron chi connectivity index (χ0n) is 9.88. The lowest BCUT2D eigenvalue weighted by Gasteiger charge is -2.09. The summed E-state index contributed by atoms with van der Waals surface area (Å²) >= 11 is 0. The van der Waals surface area contributed by atoms with Gasteiger partial charge in [0.05, 0.1) is 0 Å². The third-order valence-corrected chi connectivity index (χ3v) is 1.96. The van der Waals surface area contributed by atoms with Crippen LogP contribution in [0.5, 0.6) is 0 Å². The first kappa shape index (κ1) is 15.0. The summed E-state index contributed by atoms with van der Waals surface area (Å²) in [5.74, 6) is -2.45. The molecule has 2 N–H and O–H groups in total. The number of benzene rings is 1. The van der Waals surface area contributed by atoms with Gasteiger partial charge in [0, 0.05) is 18.5 Å². The number of carbonyl (C=O) groups is 2. The normalized spacial score (nSPS) is 10.9. The highest BCUT2D eigenvalue weighted by atomic mass is 19.4. The molecule has 104 valence electrons. The lowest BCUT2D eigenvalue weighted by atomic mass is 10.2. The Hall–Kier alpha value is -2.09. The van der Waals surface area contributed by atoms with Crippen molar-refractivity contribution in [2.75, 3.05) is 24.4 Å². The first-order valence-corrected chi connectivity index (χ1v) is 5.10. The molecule has 0 aliphatic heterocycles. The van der Waals surface area contributed by atoms with E-state index in [2.05, 4.69) is 10.1 Å². The first-order valence-electron chi connectivity index (χ1n) is 5.10. The number of hydrogen-bond acceptors (Lipinski definition) is 3. The number of nitrogens with one attached hydrogen (secondary N) is 2. The molecular weight excluding hydrogens is 265 g/mol. The Balaban J connectivity index is 2.62. The lowest BCUT2D eigenvalue weighted by Crippen LogP contribution is -2.29. The van der Waals surface area contributed by atoms with Crippen LogP contribution in [0, 0.1) is 0 Å². The van der Waals surface area contributed by atoms with Gasteiger partial charge in [-0.25, -0.2) is 0 Å². The molecule has 8 heteroatoms. The summed E-state index contributed by atoms with van der Waals surface area (Å²) in [4.78, 5) is 21.8. The zero-order valence-corrected chi connectivity index (χ0v) is 9.88. The minimum atomic E-state index is -4.94. The maximum Gasteiger partial charge on any atom is 0.471 e. The Bertz CT molecular complexity index is 457. The molecule has 0 fully saturated rings. The Morgan fingerprint density at radius 3 is 2.00 bits per heavy atom. The third kappa shape index (κ3) is 4.96. The number of alkyl halides is 3. The third-order valence-electron chi connectivity index (χ3n) is 1.96. The van der Waals surface area contributed by atoms with Crippen molar-refractivity contribution in [2.24, 2.45) is 0 Å². The summed E-state index contributed by atoms with van der Waals surface area (Å²) < 4.78 is 40.6. The SMILES string of the molecule is COCC(=O)Nc1ccc(NC(=O)C(F)(F)F)cc1. The van der Waals surface area contributed by atoms with Gasteiger partial charge in [-0.3, -0.25) is 9.59 Å². The summed E-state index contributed by atoms with van der Waals surface area (Å²) in [5, 5.41) is 4.14. The van der Waals surface area contributed by atoms with Crippen LogP contribution in [0.2, 0.25) is 0 Å². The number of anilines is 2. The second kappa shape index (κ2) is 6.19. The highest BCUT2D eigenvalue weighted by molar-refractivity contribution is 5.95. The van der Waals surface area contributed by atoms with Gasteiger partial charge >= 0.3 is 12.1 Å². The van der Waals surface area contributed by atoms with Gasteiger partial charge in [-0.2, -0.15) is 13.2 Å². The van der Waals surface area contributed by atoms with E-state index in [4.69, 9.17) is 0 Å². The van der Waals surface area contributed by atoms with E-state index in [0.717, 1.165) is 0 Å². The van der Waals surface area contributed by atoms with Crippen LogP contribution in [-0.2, 0) is 14.3 Å². The topological polar surface area (TPSA) is 67.4 Å². The van der Waals surface area contributed by atoms with Crippen molar-refractivity contribution >= 4 is 23.2 Å². The number of methoxy groups -OCH3 is 1. The van der Waals surface area contributed by atoms with Gasteiger partial charge in [0.25, 0.3) is 0 Å². The molecule has 1 rings (SSSR count). The number of carbonyl (C=O) groups excluding carboxylic acids is 2. The van der Waals surface area contributed by atoms with E-state index >= 15 is 0 Å². The Kier molecular flexibility index (Phi) is 4.87. The number of halogens is 3. The van der Waals surface area contributed by atoms with Gasteiger partial charge in [0.2, 0.25) is 5.91 Å². The van der Waals surface area contributed by atoms with E-state index in [-0.39, 0.29) is 12.3 Å². The van der Waals surface area contributed by atoms with Crippen molar-refractivity contribution in [3.8, 4) is 0 Å². The molecular formula is C11H11F3N2O3. The lowest BCUT2D eigenvalue weighted by molar-refractivity contribution is -0.167. The van der Waals surface area contributed by atoms with Crippen LogP contribution in [0.4, 0.5) is 24.5 Å². The average Bonchev–Trinajstić information content (AvgIpc) is 2.30. The van der Waals surface area contributed by atoms with Gasteiger partial charge in [0.15, 0.2) is 0 Å². The molecule has 1 aromatic carbocycles. The molecule has 2 amide bonds. The summed E-state index contributed by atoms with van der Waals surface area (Å²) in [6, 6.07) is 5.21. The van der Waals surface area contributed by atoms with Gasteiger partial charge in [-0.05, 0) is 24.3 Å². The molecule has 0 atom stereocenters. The molecule has 0 spiro atoms.